The minimum atomic E-state index is -1.08. The highest BCUT2D eigenvalue weighted by Gasteiger charge is 2.39. The van der Waals surface area contributed by atoms with Crippen molar-refractivity contribution in [3.8, 4) is 5.69 Å². The first kappa shape index (κ1) is 25.5. The summed E-state index contributed by atoms with van der Waals surface area (Å²) in [6, 6.07) is 7.23. The monoisotopic (exact) mass is 533 g/mol. The molecule has 3 fully saturated rings. The smallest absolute Gasteiger partial charge is 0.319 e. The predicted molar refractivity (Wildman–Crippen MR) is 146 cm³/mol. The number of aliphatic hydroxyl groups is 1. The van der Waals surface area contributed by atoms with Gasteiger partial charge in [0.05, 0.1) is 24.0 Å². The SMILES string of the molecule is O=C(Nc1cccc(-n2ncc3c(=O)n(CC4(O)CCN(C(=O)C5CC5)CC4)cnc32)c1)NC1CCCCC1. The van der Waals surface area contributed by atoms with Crippen LogP contribution in [0.15, 0.2) is 41.6 Å². The zero-order valence-electron chi connectivity index (χ0n) is 22.0. The normalized spacial score (nSPS) is 19.7. The minimum absolute atomic E-state index is 0.112. The molecule has 2 saturated carbocycles. The zero-order valence-corrected chi connectivity index (χ0v) is 22.0. The number of benzene rings is 1. The van der Waals surface area contributed by atoms with Crippen LogP contribution in [0.3, 0.4) is 0 Å². The van der Waals surface area contributed by atoms with Gasteiger partial charge < -0.3 is 20.6 Å². The maximum atomic E-state index is 13.3. The summed E-state index contributed by atoms with van der Waals surface area (Å²) in [6.45, 7) is 1.11. The quantitative estimate of drug-likeness (QED) is 0.446. The highest BCUT2D eigenvalue weighted by atomic mass is 16.3. The number of nitrogens with zero attached hydrogens (tertiary/aromatic N) is 5. The van der Waals surface area contributed by atoms with Crippen LogP contribution in [0.25, 0.3) is 16.7 Å². The molecule has 0 atom stereocenters. The van der Waals surface area contributed by atoms with Crippen molar-refractivity contribution in [1.82, 2.24) is 29.5 Å². The number of hydrogen-bond acceptors (Lipinski definition) is 6. The van der Waals surface area contributed by atoms with Crippen molar-refractivity contribution in [3.63, 3.8) is 0 Å². The van der Waals surface area contributed by atoms with Crippen LogP contribution in [0.2, 0.25) is 0 Å². The molecule has 3 aromatic rings. The molecule has 2 aliphatic carbocycles. The summed E-state index contributed by atoms with van der Waals surface area (Å²) in [5.41, 5.74) is 0.324. The summed E-state index contributed by atoms with van der Waals surface area (Å²) >= 11 is 0. The second kappa shape index (κ2) is 10.4. The van der Waals surface area contributed by atoms with Crippen molar-refractivity contribution >= 4 is 28.7 Å². The molecule has 3 N–H and O–H groups in total. The van der Waals surface area contributed by atoms with Gasteiger partial charge in [-0.15, -0.1) is 0 Å². The molecular weight excluding hydrogens is 498 g/mol. The molecule has 0 bridgehead atoms. The van der Waals surface area contributed by atoms with Gasteiger partial charge in [-0.05, 0) is 56.7 Å². The van der Waals surface area contributed by atoms with Gasteiger partial charge in [0, 0.05) is 30.7 Å². The molecule has 0 unspecified atom stereocenters. The Hall–Kier alpha value is -3.73. The Bertz CT molecular complexity index is 1430. The van der Waals surface area contributed by atoms with Gasteiger partial charge in [0.15, 0.2) is 5.65 Å². The molecule has 3 heterocycles. The first-order chi connectivity index (χ1) is 18.9. The summed E-state index contributed by atoms with van der Waals surface area (Å²) in [7, 11) is 0. The second-order valence-electron chi connectivity index (χ2n) is 11.3. The number of anilines is 1. The Kier molecular flexibility index (Phi) is 6.84. The average Bonchev–Trinajstić information content (AvgIpc) is 3.69. The standard InChI is InChI=1S/C28H35N7O4/c36-25(19-9-10-19)33-13-11-28(39,12-14-33)17-34-18-29-24-23(26(34)37)16-30-35(24)22-8-4-7-21(15-22)32-27(38)31-20-5-2-1-3-6-20/h4,7-8,15-16,18-20,39H,1-3,5-6,9-14,17H2,(H2,31,32,38). The number of likely N-dealkylation sites (tertiary alicyclic amines) is 1. The largest absolute Gasteiger partial charge is 0.388 e. The maximum Gasteiger partial charge on any atom is 0.319 e. The number of rotatable bonds is 6. The van der Waals surface area contributed by atoms with E-state index in [9.17, 15) is 19.5 Å². The lowest BCUT2D eigenvalue weighted by Crippen LogP contribution is -2.50. The van der Waals surface area contributed by atoms with Crippen molar-refractivity contribution in [1.29, 1.82) is 0 Å². The van der Waals surface area contributed by atoms with Gasteiger partial charge in [-0.25, -0.2) is 14.5 Å². The number of hydrogen-bond donors (Lipinski definition) is 3. The van der Waals surface area contributed by atoms with E-state index >= 15 is 0 Å². The summed E-state index contributed by atoms with van der Waals surface area (Å²) in [6.07, 6.45) is 11.2. The lowest BCUT2D eigenvalue weighted by atomic mass is 9.91. The van der Waals surface area contributed by atoms with E-state index in [-0.39, 0.29) is 36.0 Å². The van der Waals surface area contributed by atoms with Gasteiger partial charge in [-0.2, -0.15) is 5.10 Å². The molecule has 2 aromatic heterocycles. The highest BCUT2D eigenvalue weighted by molar-refractivity contribution is 5.90. The fourth-order valence-electron chi connectivity index (χ4n) is 5.77. The lowest BCUT2D eigenvalue weighted by Gasteiger charge is -2.38. The Balaban J connectivity index is 1.15. The van der Waals surface area contributed by atoms with E-state index in [0.717, 1.165) is 38.5 Å². The van der Waals surface area contributed by atoms with Crippen LogP contribution in [0.1, 0.15) is 57.8 Å². The Labute approximate surface area is 226 Å². The van der Waals surface area contributed by atoms with Crippen LogP contribution in [-0.2, 0) is 11.3 Å². The number of carbonyl (C=O) groups is 2. The number of carbonyl (C=O) groups excluding carboxylic acids is 2. The fraction of sp³-hybridized carbons (Fsp3) is 0.536. The van der Waals surface area contributed by atoms with Crippen molar-refractivity contribution < 1.29 is 14.7 Å². The number of amides is 3. The van der Waals surface area contributed by atoms with Gasteiger partial charge in [0.1, 0.15) is 11.7 Å². The molecule has 0 spiro atoms. The van der Waals surface area contributed by atoms with Crippen LogP contribution in [-0.4, -0.2) is 66.0 Å². The number of urea groups is 1. The molecule has 206 valence electrons. The molecule has 3 amide bonds. The van der Waals surface area contributed by atoms with Crippen LogP contribution >= 0.6 is 0 Å². The van der Waals surface area contributed by atoms with E-state index in [4.69, 9.17) is 0 Å². The third kappa shape index (κ3) is 5.54. The molecule has 0 radical (unpaired) electrons. The molecule has 6 rings (SSSR count). The summed E-state index contributed by atoms with van der Waals surface area (Å²) in [5, 5.41) is 21.9. The zero-order chi connectivity index (χ0) is 27.0. The van der Waals surface area contributed by atoms with Crippen molar-refractivity contribution in [2.45, 2.75) is 76.0 Å². The van der Waals surface area contributed by atoms with Crippen LogP contribution in [0.5, 0.6) is 0 Å². The van der Waals surface area contributed by atoms with Gasteiger partial charge in [-0.1, -0.05) is 25.3 Å². The molecule has 39 heavy (non-hydrogen) atoms. The molecule has 3 aliphatic rings. The molecule has 1 aromatic carbocycles. The third-order valence-corrected chi connectivity index (χ3v) is 8.24. The topological polar surface area (TPSA) is 134 Å². The highest BCUT2D eigenvalue weighted by Crippen LogP contribution is 2.33. The number of nitrogens with one attached hydrogen (secondary N) is 2. The number of fused-ring (bicyclic) bond motifs is 1. The van der Waals surface area contributed by atoms with E-state index < -0.39 is 5.60 Å². The van der Waals surface area contributed by atoms with Crippen LogP contribution in [0.4, 0.5) is 10.5 Å². The molecular formula is C28H35N7O4. The number of aromatic nitrogens is 4. The average molecular weight is 534 g/mol. The molecule has 1 saturated heterocycles. The van der Waals surface area contributed by atoms with Crippen molar-refractivity contribution in [2.24, 2.45) is 5.92 Å². The van der Waals surface area contributed by atoms with E-state index in [1.54, 1.807) is 16.8 Å². The second-order valence-corrected chi connectivity index (χ2v) is 11.3. The predicted octanol–water partition coefficient (Wildman–Crippen LogP) is 2.80. The first-order valence-electron chi connectivity index (χ1n) is 14.0. The van der Waals surface area contributed by atoms with Gasteiger partial charge >= 0.3 is 6.03 Å². The number of piperidine rings is 1. The molecule has 11 heteroatoms. The van der Waals surface area contributed by atoms with Gasteiger partial charge in [-0.3, -0.25) is 14.2 Å². The first-order valence-corrected chi connectivity index (χ1v) is 14.0. The summed E-state index contributed by atoms with van der Waals surface area (Å²) < 4.78 is 3.00. The third-order valence-electron chi connectivity index (χ3n) is 8.24. The lowest BCUT2D eigenvalue weighted by molar-refractivity contribution is -0.137. The Morgan fingerprint density at radius 1 is 1.08 bits per heavy atom. The van der Waals surface area contributed by atoms with Crippen LogP contribution < -0.4 is 16.2 Å². The van der Waals surface area contributed by atoms with E-state index in [1.165, 1.54) is 23.5 Å². The van der Waals surface area contributed by atoms with Gasteiger partial charge in [0.25, 0.3) is 5.56 Å². The Morgan fingerprint density at radius 3 is 2.59 bits per heavy atom. The fourth-order valence-corrected chi connectivity index (χ4v) is 5.77. The van der Waals surface area contributed by atoms with Crippen molar-refractivity contribution in [3.05, 3.63) is 47.1 Å². The van der Waals surface area contributed by atoms with Crippen molar-refractivity contribution in [2.75, 3.05) is 18.4 Å². The van der Waals surface area contributed by atoms with E-state index in [1.807, 2.05) is 17.0 Å². The minimum Gasteiger partial charge on any atom is -0.388 e. The van der Waals surface area contributed by atoms with Crippen LogP contribution in [0, 0.1) is 5.92 Å². The Morgan fingerprint density at radius 2 is 1.85 bits per heavy atom. The van der Waals surface area contributed by atoms with Gasteiger partial charge in [0.2, 0.25) is 5.91 Å². The molecule has 11 nitrogen and oxygen atoms in total. The van der Waals surface area contributed by atoms with E-state index in [0.29, 0.717) is 48.3 Å². The maximum absolute atomic E-state index is 13.3. The van der Waals surface area contributed by atoms with E-state index in [2.05, 4.69) is 20.7 Å². The summed E-state index contributed by atoms with van der Waals surface area (Å²) in [5.74, 6) is 0.353. The molecule has 1 aliphatic heterocycles. The summed E-state index contributed by atoms with van der Waals surface area (Å²) in [4.78, 5) is 44.5.